The molecule has 0 heterocycles. The lowest BCUT2D eigenvalue weighted by Gasteiger charge is -2.12. The van der Waals surface area contributed by atoms with Gasteiger partial charge in [-0.2, -0.15) is 0 Å². The van der Waals surface area contributed by atoms with Crippen LogP contribution in [0.5, 0.6) is 0 Å². The fraction of sp³-hybridized carbons (Fsp3) is 0.0400. The van der Waals surface area contributed by atoms with Gasteiger partial charge in [0.1, 0.15) is 0 Å². The quantitative estimate of drug-likeness (QED) is 0.349. The van der Waals surface area contributed by atoms with Crippen LogP contribution >= 0.6 is 0 Å². The minimum absolute atomic E-state index is 1.06. The van der Waals surface area contributed by atoms with Crippen molar-refractivity contribution < 1.29 is 0 Å². The highest BCUT2D eigenvalue weighted by Gasteiger charge is 2.09. The fourth-order valence-electron chi connectivity index (χ4n) is 3.39. The molecule has 4 aromatic carbocycles. The van der Waals surface area contributed by atoms with Gasteiger partial charge in [0.05, 0.1) is 0 Å². The zero-order chi connectivity index (χ0) is 17.2. The van der Waals surface area contributed by atoms with Gasteiger partial charge in [-0.1, -0.05) is 103 Å². The summed E-state index contributed by atoms with van der Waals surface area (Å²) in [6, 6.07) is 28.2. The summed E-state index contributed by atoms with van der Waals surface area (Å²) in [5.74, 6) is 0. The van der Waals surface area contributed by atoms with Crippen molar-refractivity contribution in [1.29, 1.82) is 0 Å². The molecule has 25 heavy (non-hydrogen) atoms. The standard InChI is InChI=1S/C25H20/c1-18(2)14-15-20-16-17-25(23-12-6-5-11-22(20)23)24-13-7-9-19-8-3-4-10-21(19)24/h3-17H,1H2,2H3. The van der Waals surface area contributed by atoms with Crippen molar-refractivity contribution in [2.75, 3.05) is 0 Å². The summed E-state index contributed by atoms with van der Waals surface area (Å²) in [6.45, 7) is 5.98. The first-order chi connectivity index (χ1) is 12.2. The molecule has 0 aliphatic heterocycles. The summed E-state index contributed by atoms with van der Waals surface area (Å²) >= 11 is 0. The van der Waals surface area contributed by atoms with E-state index in [9.17, 15) is 0 Å². The van der Waals surface area contributed by atoms with Gasteiger partial charge in [0.25, 0.3) is 0 Å². The Labute approximate surface area is 148 Å². The summed E-state index contributed by atoms with van der Waals surface area (Å²) in [7, 11) is 0. The van der Waals surface area contributed by atoms with Crippen LogP contribution in [0.1, 0.15) is 12.5 Å². The lowest BCUT2D eigenvalue weighted by Crippen LogP contribution is -1.86. The van der Waals surface area contributed by atoms with Crippen LogP contribution in [-0.2, 0) is 0 Å². The van der Waals surface area contributed by atoms with Crippen LogP contribution in [0.2, 0.25) is 0 Å². The Morgan fingerprint density at radius 1 is 0.680 bits per heavy atom. The number of benzene rings is 4. The van der Waals surface area contributed by atoms with Crippen LogP contribution in [0.4, 0.5) is 0 Å². The SMILES string of the molecule is C=C(C)C=Cc1ccc(-c2cccc3ccccc23)c2ccccc12. The highest BCUT2D eigenvalue weighted by molar-refractivity contribution is 6.07. The second-order valence-corrected chi connectivity index (χ2v) is 6.45. The molecule has 0 bridgehead atoms. The Balaban J connectivity index is 2.00. The van der Waals surface area contributed by atoms with Crippen LogP contribution in [-0.4, -0.2) is 0 Å². The van der Waals surface area contributed by atoms with Gasteiger partial charge in [-0.3, -0.25) is 0 Å². The van der Waals surface area contributed by atoms with Crippen molar-refractivity contribution in [2.45, 2.75) is 6.92 Å². The highest BCUT2D eigenvalue weighted by Crippen LogP contribution is 2.35. The van der Waals surface area contributed by atoms with E-state index < -0.39 is 0 Å². The number of hydrogen-bond acceptors (Lipinski definition) is 0. The van der Waals surface area contributed by atoms with Crippen molar-refractivity contribution in [3.63, 3.8) is 0 Å². The zero-order valence-corrected chi connectivity index (χ0v) is 14.4. The number of rotatable bonds is 3. The van der Waals surface area contributed by atoms with Crippen molar-refractivity contribution in [2.24, 2.45) is 0 Å². The van der Waals surface area contributed by atoms with Gasteiger partial charge in [0.15, 0.2) is 0 Å². The van der Waals surface area contributed by atoms with Crippen LogP contribution < -0.4 is 0 Å². The van der Waals surface area contributed by atoms with Crippen molar-refractivity contribution in [3.8, 4) is 11.1 Å². The topological polar surface area (TPSA) is 0 Å². The monoisotopic (exact) mass is 320 g/mol. The van der Waals surface area contributed by atoms with E-state index in [-0.39, 0.29) is 0 Å². The fourth-order valence-corrected chi connectivity index (χ4v) is 3.39. The lowest BCUT2D eigenvalue weighted by molar-refractivity contribution is 1.57. The molecule has 120 valence electrons. The molecule has 0 N–H and O–H groups in total. The van der Waals surface area contributed by atoms with Crippen molar-refractivity contribution >= 4 is 27.6 Å². The predicted octanol–water partition coefficient (Wildman–Crippen LogP) is 7.25. The second-order valence-electron chi connectivity index (χ2n) is 6.45. The van der Waals surface area contributed by atoms with Gasteiger partial charge in [-0.05, 0) is 45.2 Å². The average molecular weight is 320 g/mol. The molecule has 0 spiro atoms. The molecule has 0 fully saturated rings. The Bertz CT molecular complexity index is 1110. The first-order valence-corrected chi connectivity index (χ1v) is 8.57. The normalized spacial score (nSPS) is 11.4. The molecule has 0 heteroatoms. The summed E-state index contributed by atoms with van der Waals surface area (Å²) in [6.07, 6.45) is 4.22. The third-order valence-electron chi connectivity index (χ3n) is 4.59. The summed E-state index contributed by atoms with van der Waals surface area (Å²) in [5, 5.41) is 5.11. The number of hydrogen-bond donors (Lipinski definition) is 0. The van der Waals surface area contributed by atoms with Crippen LogP contribution in [0, 0.1) is 0 Å². The van der Waals surface area contributed by atoms with E-state index in [0.29, 0.717) is 0 Å². The second kappa shape index (κ2) is 6.41. The smallest absolute Gasteiger partial charge is 0.00987 e. The molecule has 0 nitrogen and oxygen atoms in total. The van der Waals surface area contributed by atoms with Gasteiger partial charge in [0.2, 0.25) is 0 Å². The Hall–Kier alpha value is -3.12. The van der Waals surface area contributed by atoms with Crippen LogP contribution in [0.15, 0.2) is 97.1 Å². The van der Waals surface area contributed by atoms with E-state index in [2.05, 4.69) is 97.6 Å². The van der Waals surface area contributed by atoms with E-state index in [1.165, 1.54) is 38.2 Å². The molecule has 0 unspecified atom stereocenters. The molecule has 4 rings (SSSR count). The van der Waals surface area contributed by atoms with Crippen molar-refractivity contribution in [3.05, 3.63) is 103 Å². The minimum atomic E-state index is 1.06. The van der Waals surface area contributed by atoms with Gasteiger partial charge in [-0.25, -0.2) is 0 Å². The van der Waals surface area contributed by atoms with Gasteiger partial charge < -0.3 is 0 Å². The minimum Gasteiger partial charge on any atom is -0.0961 e. The van der Waals surface area contributed by atoms with E-state index >= 15 is 0 Å². The predicted molar refractivity (Wildman–Crippen MR) is 111 cm³/mol. The molecular formula is C25H20. The third kappa shape index (κ3) is 2.88. The van der Waals surface area contributed by atoms with Gasteiger partial charge in [-0.15, -0.1) is 0 Å². The molecule has 0 atom stereocenters. The summed E-state index contributed by atoms with van der Waals surface area (Å²) < 4.78 is 0. The molecule has 0 saturated carbocycles. The van der Waals surface area contributed by atoms with Crippen LogP contribution in [0.3, 0.4) is 0 Å². The van der Waals surface area contributed by atoms with E-state index in [1.807, 2.05) is 6.92 Å². The molecule has 0 aromatic heterocycles. The van der Waals surface area contributed by atoms with E-state index in [0.717, 1.165) is 5.57 Å². The first kappa shape index (κ1) is 15.4. The van der Waals surface area contributed by atoms with Gasteiger partial charge >= 0.3 is 0 Å². The molecule has 0 saturated heterocycles. The maximum absolute atomic E-state index is 3.96. The van der Waals surface area contributed by atoms with E-state index in [4.69, 9.17) is 0 Å². The average Bonchev–Trinajstić information content (AvgIpc) is 2.65. The molecule has 0 radical (unpaired) electrons. The molecule has 0 aliphatic carbocycles. The lowest BCUT2D eigenvalue weighted by atomic mass is 9.92. The highest BCUT2D eigenvalue weighted by atomic mass is 14.1. The molecule has 0 aliphatic rings. The number of fused-ring (bicyclic) bond motifs is 2. The molecular weight excluding hydrogens is 300 g/mol. The molecule has 0 amide bonds. The summed E-state index contributed by atoms with van der Waals surface area (Å²) in [4.78, 5) is 0. The van der Waals surface area contributed by atoms with Crippen LogP contribution in [0.25, 0.3) is 38.7 Å². The van der Waals surface area contributed by atoms with E-state index in [1.54, 1.807) is 0 Å². The third-order valence-corrected chi connectivity index (χ3v) is 4.59. The zero-order valence-electron chi connectivity index (χ0n) is 14.4. The van der Waals surface area contributed by atoms with Gasteiger partial charge in [0, 0.05) is 0 Å². The Morgan fingerprint density at radius 2 is 1.32 bits per heavy atom. The first-order valence-electron chi connectivity index (χ1n) is 8.57. The Morgan fingerprint density at radius 3 is 2.12 bits per heavy atom. The maximum Gasteiger partial charge on any atom is -0.00987 e. The Kier molecular flexibility index (Phi) is 3.95. The maximum atomic E-state index is 3.96. The largest absolute Gasteiger partial charge is 0.0961 e. The summed E-state index contributed by atoms with van der Waals surface area (Å²) in [5.41, 5.74) is 4.84. The molecule has 4 aromatic rings. The van der Waals surface area contributed by atoms with Crippen molar-refractivity contribution in [1.82, 2.24) is 0 Å². The number of allylic oxidation sites excluding steroid dienone is 2.